The van der Waals surface area contributed by atoms with E-state index in [2.05, 4.69) is 0 Å². The van der Waals surface area contributed by atoms with Crippen LogP contribution in [-0.4, -0.2) is 27.9 Å². The molecule has 0 spiro atoms. The van der Waals surface area contributed by atoms with E-state index in [1.165, 1.54) is 12.1 Å². The van der Waals surface area contributed by atoms with Crippen molar-refractivity contribution in [3.63, 3.8) is 0 Å². The molecule has 0 unspecified atom stereocenters. The first kappa shape index (κ1) is 18.1. The van der Waals surface area contributed by atoms with Gasteiger partial charge in [-0.1, -0.05) is 26.0 Å². The van der Waals surface area contributed by atoms with Crippen LogP contribution in [0.2, 0.25) is 0 Å². The van der Waals surface area contributed by atoms with Crippen molar-refractivity contribution in [1.29, 1.82) is 0 Å². The average Bonchev–Trinajstić information content (AvgIpc) is 2.55. The molecule has 24 heavy (non-hydrogen) atoms. The number of carboxylic acid groups (broad SMARTS) is 2. The summed E-state index contributed by atoms with van der Waals surface area (Å²) >= 11 is 0. The number of rotatable bonds is 5. The minimum absolute atomic E-state index is 0.00276. The average molecular weight is 336 g/mol. The summed E-state index contributed by atoms with van der Waals surface area (Å²) in [6, 6.07) is 5.07. The van der Waals surface area contributed by atoms with E-state index >= 15 is 0 Å². The fourth-order valence-corrected chi connectivity index (χ4v) is 4.34. The van der Waals surface area contributed by atoms with Crippen LogP contribution in [0.15, 0.2) is 24.3 Å². The number of hydrogen-bond donors (Lipinski definition) is 2. The minimum atomic E-state index is -1.76. The Bertz CT molecular complexity index is 668. The van der Waals surface area contributed by atoms with E-state index in [1.807, 2.05) is 0 Å². The lowest BCUT2D eigenvalue weighted by molar-refractivity contribution is -0.185. The van der Waals surface area contributed by atoms with Crippen LogP contribution in [0.4, 0.5) is 4.39 Å². The topological polar surface area (TPSA) is 91.7 Å². The van der Waals surface area contributed by atoms with Gasteiger partial charge in [0.15, 0.2) is 0 Å². The van der Waals surface area contributed by atoms with Crippen molar-refractivity contribution in [2.24, 2.45) is 10.8 Å². The third kappa shape index (κ3) is 2.32. The van der Waals surface area contributed by atoms with Crippen molar-refractivity contribution in [2.75, 3.05) is 0 Å². The predicted octanol–water partition coefficient (Wildman–Crippen LogP) is 3.23. The third-order valence-electron chi connectivity index (χ3n) is 5.62. The van der Waals surface area contributed by atoms with Crippen molar-refractivity contribution in [1.82, 2.24) is 0 Å². The van der Waals surface area contributed by atoms with Crippen molar-refractivity contribution in [3.8, 4) is 0 Å². The summed E-state index contributed by atoms with van der Waals surface area (Å²) in [4.78, 5) is 37.0. The summed E-state index contributed by atoms with van der Waals surface area (Å²) in [6.45, 7) is 3.23. The molecule has 1 saturated carbocycles. The molecule has 3 atom stereocenters. The molecule has 0 heterocycles. The van der Waals surface area contributed by atoms with Gasteiger partial charge in [0.1, 0.15) is 11.6 Å². The van der Waals surface area contributed by atoms with E-state index in [0.29, 0.717) is 5.56 Å². The lowest BCUT2D eigenvalue weighted by Crippen LogP contribution is -2.59. The van der Waals surface area contributed by atoms with Crippen LogP contribution in [0, 0.1) is 16.6 Å². The molecule has 0 amide bonds. The van der Waals surface area contributed by atoms with E-state index in [9.17, 15) is 29.0 Å². The normalized spacial score (nSPS) is 30.1. The van der Waals surface area contributed by atoms with Crippen molar-refractivity contribution in [3.05, 3.63) is 35.6 Å². The SMILES string of the molecule is CC[C@@]1(C(=O)O)CCC(=O)[C@@H](c2ccc(F)cc2)[C@@]1(CC)C(=O)O. The quantitative estimate of drug-likeness (QED) is 0.861. The highest BCUT2D eigenvalue weighted by Gasteiger charge is 2.67. The highest BCUT2D eigenvalue weighted by Crippen LogP contribution is 2.60. The van der Waals surface area contributed by atoms with Gasteiger partial charge in [0.2, 0.25) is 0 Å². The van der Waals surface area contributed by atoms with Crippen LogP contribution in [0.25, 0.3) is 0 Å². The summed E-state index contributed by atoms with van der Waals surface area (Å²) in [6.07, 6.45) is 0.0937. The minimum Gasteiger partial charge on any atom is -0.481 e. The number of carboxylic acids is 2. The van der Waals surface area contributed by atoms with Gasteiger partial charge in [-0.05, 0) is 37.0 Å². The molecular formula is C18H21FO5. The molecule has 130 valence electrons. The van der Waals surface area contributed by atoms with Crippen LogP contribution in [-0.2, 0) is 14.4 Å². The van der Waals surface area contributed by atoms with Gasteiger partial charge in [-0.2, -0.15) is 0 Å². The van der Waals surface area contributed by atoms with E-state index in [4.69, 9.17) is 0 Å². The first-order chi connectivity index (χ1) is 11.3. The summed E-state index contributed by atoms with van der Waals surface area (Å²) in [7, 11) is 0. The zero-order valence-corrected chi connectivity index (χ0v) is 13.7. The van der Waals surface area contributed by atoms with Gasteiger partial charge in [0, 0.05) is 6.42 Å². The van der Waals surface area contributed by atoms with Gasteiger partial charge in [-0.15, -0.1) is 0 Å². The largest absolute Gasteiger partial charge is 0.481 e. The first-order valence-electron chi connectivity index (χ1n) is 8.01. The van der Waals surface area contributed by atoms with Crippen LogP contribution in [0.3, 0.4) is 0 Å². The molecule has 1 fully saturated rings. The zero-order chi connectivity index (χ0) is 18.1. The third-order valence-corrected chi connectivity index (χ3v) is 5.62. The highest BCUT2D eigenvalue weighted by atomic mass is 19.1. The standard InChI is InChI=1S/C18H21FO5/c1-3-17(15(21)22)10-9-13(20)14(18(17,4-2)16(23)24)11-5-7-12(19)8-6-11/h5-8,14H,3-4,9-10H2,1-2H3,(H,21,22)(H,23,24)/t14-,17+,18+/m1/s1. The molecule has 0 aliphatic heterocycles. The van der Waals surface area contributed by atoms with Crippen molar-refractivity contribution < 1.29 is 29.0 Å². The van der Waals surface area contributed by atoms with Gasteiger partial charge >= 0.3 is 11.9 Å². The van der Waals surface area contributed by atoms with Crippen molar-refractivity contribution in [2.45, 2.75) is 45.4 Å². The maximum Gasteiger partial charge on any atom is 0.311 e. The molecule has 1 aliphatic carbocycles. The molecule has 6 heteroatoms. The molecule has 2 rings (SSSR count). The number of benzene rings is 1. The monoisotopic (exact) mass is 336 g/mol. The second kappa shape index (κ2) is 6.34. The van der Waals surface area contributed by atoms with E-state index < -0.39 is 34.5 Å². The zero-order valence-electron chi connectivity index (χ0n) is 13.7. The Morgan fingerprint density at radius 3 is 2.12 bits per heavy atom. The number of carbonyl (C=O) groups is 3. The number of halogens is 1. The molecule has 0 aromatic heterocycles. The number of ketones is 1. The van der Waals surface area contributed by atoms with Gasteiger partial charge in [0.25, 0.3) is 0 Å². The smallest absolute Gasteiger partial charge is 0.311 e. The highest BCUT2D eigenvalue weighted by molar-refractivity contribution is 5.99. The second-order valence-electron chi connectivity index (χ2n) is 6.32. The van der Waals surface area contributed by atoms with Crippen LogP contribution in [0.5, 0.6) is 0 Å². The van der Waals surface area contributed by atoms with Gasteiger partial charge in [-0.25, -0.2) is 4.39 Å². The Labute approximate surface area is 139 Å². The van der Waals surface area contributed by atoms with Crippen LogP contribution in [0.1, 0.15) is 51.0 Å². The molecule has 5 nitrogen and oxygen atoms in total. The molecule has 1 aromatic carbocycles. The lowest BCUT2D eigenvalue weighted by atomic mass is 9.47. The second-order valence-corrected chi connectivity index (χ2v) is 6.32. The molecule has 2 N–H and O–H groups in total. The van der Waals surface area contributed by atoms with E-state index in [0.717, 1.165) is 12.1 Å². The predicted molar refractivity (Wildman–Crippen MR) is 84.1 cm³/mol. The van der Waals surface area contributed by atoms with Crippen LogP contribution < -0.4 is 0 Å². The Morgan fingerprint density at radius 1 is 1.12 bits per heavy atom. The lowest BCUT2D eigenvalue weighted by Gasteiger charge is -2.51. The Morgan fingerprint density at radius 2 is 1.71 bits per heavy atom. The number of hydrogen-bond acceptors (Lipinski definition) is 3. The van der Waals surface area contributed by atoms with Crippen molar-refractivity contribution >= 4 is 17.7 Å². The maximum absolute atomic E-state index is 13.2. The number of Topliss-reactive ketones (excluding diaryl/α,β-unsaturated/α-hetero) is 1. The first-order valence-corrected chi connectivity index (χ1v) is 8.01. The molecule has 0 radical (unpaired) electrons. The van der Waals surface area contributed by atoms with E-state index in [-0.39, 0.29) is 31.5 Å². The Balaban J connectivity index is 2.77. The Kier molecular flexibility index (Phi) is 4.78. The molecule has 1 aromatic rings. The molecule has 0 bridgehead atoms. The molecular weight excluding hydrogens is 315 g/mol. The Hall–Kier alpha value is -2.24. The van der Waals surface area contributed by atoms with Gasteiger partial charge in [-0.3, -0.25) is 14.4 Å². The van der Waals surface area contributed by atoms with Gasteiger partial charge in [0.05, 0.1) is 16.7 Å². The summed E-state index contributed by atoms with van der Waals surface area (Å²) in [5.41, 5.74) is -2.95. The van der Waals surface area contributed by atoms with E-state index in [1.54, 1.807) is 13.8 Å². The number of carbonyl (C=O) groups excluding carboxylic acids is 1. The number of aliphatic carboxylic acids is 2. The fraction of sp³-hybridized carbons (Fsp3) is 0.500. The van der Waals surface area contributed by atoms with Crippen LogP contribution >= 0.6 is 0 Å². The summed E-state index contributed by atoms with van der Waals surface area (Å²) in [5.74, 6) is -4.41. The van der Waals surface area contributed by atoms with Gasteiger partial charge < -0.3 is 10.2 Å². The maximum atomic E-state index is 13.2. The fourth-order valence-electron chi connectivity index (χ4n) is 4.34. The molecule has 0 saturated heterocycles. The summed E-state index contributed by atoms with van der Waals surface area (Å²) < 4.78 is 13.2. The molecule has 1 aliphatic rings. The summed E-state index contributed by atoms with van der Waals surface area (Å²) in [5, 5.41) is 19.9.